The number of aromatic amines is 1. The summed E-state index contributed by atoms with van der Waals surface area (Å²) in [5.74, 6) is 0. The third-order valence-electron chi connectivity index (χ3n) is 5.39. The summed E-state index contributed by atoms with van der Waals surface area (Å²) in [6.07, 6.45) is 8.24. The van der Waals surface area contributed by atoms with Gasteiger partial charge in [-0.05, 0) is 25.0 Å². The highest BCUT2D eigenvalue weighted by molar-refractivity contribution is 7.98. The van der Waals surface area contributed by atoms with Gasteiger partial charge in [-0.1, -0.05) is 97.1 Å². The van der Waals surface area contributed by atoms with Gasteiger partial charge in [0.25, 0.3) is 0 Å². The van der Waals surface area contributed by atoms with E-state index < -0.39 is 16.9 Å². The zero-order valence-electron chi connectivity index (χ0n) is 24.6. The lowest BCUT2D eigenvalue weighted by Crippen LogP contribution is -2.21. The van der Waals surface area contributed by atoms with Crippen molar-refractivity contribution in [1.82, 2.24) is 39.9 Å². The first kappa shape index (κ1) is 36.2. The van der Waals surface area contributed by atoms with Crippen molar-refractivity contribution < 1.29 is 9.47 Å². The van der Waals surface area contributed by atoms with Crippen LogP contribution in [0.4, 0.5) is 0 Å². The predicted molar refractivity (Wildman–Crippen MR) is 180 cm³/mol. The van der Waals surface area contributed by atoms with Crippen LogP contribution in [0, 0.1) is 0 Å². The first-order chi connectivity index (χ1) is 19.5. The Balaban J connectivity index is 0.000000238. The Bertz CT molecular complexity index is 1340. The average molecular weight is 698 g/mol. The van der Waals surface area contributed by atoms with Gasteiger partial charge >= 0.3 is 0 Å². The lowest BCUT2D eigenvalue weighted by atomic mass is 10.4. The van der Waals surface area contributed by atoms with Crippen molar-refractivity contribution in [3.63, 3.8) is 0 Å². The summed E-state index contributed by atoms with van der Waals surface area (Å²) in [6.45, 7) is 13.7. The number of thioether (sulfide) groups is 2. The molecule has 228 valence electrons. The number of rotatable bonds is 12. The second-order valence-electron chi connectivity index (χ2n) is 10.4. The number of nitrogens with zero attached hydrogens (tertiary/aromatic N) is 7. The van der Waals surface area contributed by atoms with Gasteiger partial charge in [-0.2, -0.15) is 10.2 Å². The fourth-order valence-corrected chi connectivity index (χ4v) is 6.24. The molecule has 17 heteroatoms. The number of hydrogen-bond acceptors (Lipinski definition) is 10. The second kappa shape index (κ2) is 18.6. The molecule has 0 saturated heterocycles. The third kappa shape index (κ3) is 13.0. The Kier molecular flexibility index (Phi) is 16.5. The molecule has 0 aliphatic carbocycles. The van der Waals surface area contributed by atoms with Crippen LogP contribution < -0.4 is 0 Å². The Morgan fingerprint density at radius 2 is 1.59 bits per heavy atom. The highest BCUT2D eigenvalue weighted by Crippen LogP contribution is 2.23. The number of ether oxygens (including phenoxy) is 2. The van der Waals surface area contributed by atoms with E-state index >= 15 is 0 Å². The molecule has 1 N–H and O–H groups in total. The molecule has 0 saturated carbocycles. The van der Waals surface area contributed by atoms with Gasteiger partial charge in [0.2, 0.25) is 0 Å². The Morgan fingerprint density at radius 3 is 2.20 bits per heavy atom. The maximum Gasteiger partial charge on any atom is 0.190 e. The number of hydrogen-bond donors (Lipinski definition) is 1. The van der Waals surface area contributed by atoms with Crippen LogP contribution in [0.3, 0.4) is 0 Å². The summed E-state index contributed by atoms with van der Waals surface area (Å²) < 4.78 is 12.4. The molecule has 0 aliphatic rings. The van der Waals surface area contributed by atoms with Crippen LogP contribution in [0.25, 0.3) is 22.1 Å². The molecule has 0 bridgehead atoms. The van der Waals surface area contributed by atoms with Crippen LogP contribution in [-0.4, -0.2) is 88.6 Å². The van der Waals surface area contributed by atoms with Crippen LogP contribution in [0.5, 0.6) is 0 Å². The van der Waals surface area contributed by atoms with Gasteiger partial charge < -0.3 is 9.47 Å². The molecule has 0 radical (unpaired) electrons. The highest BCUT2D eigenvalue weighted by atomic mass is 35.5. The number of fused-ring (bicyclic) bond motifs is 2. The molecule has 0 amide bonds. The van der Waals surface area contributed by atoms with E-state index in [1.807, 2.05) is 12.5 Å². The van der Waals surface area contributed by atoms with E-state index in [2.05, 4.69) is 68.0 Å². The van der Waals surface area contributed by atoms with Crippen LogP contribution in [0.2, 0.25) is 55.1 Å². The molecule has 10 nitrogen and oxygen atoms in total. The molecule has 4 aromatic heterocycles. The molecule has 0 aromatic carbocycles. The smallest absolute Gasteiger partial charge is 0.190 e. The van der Waals surface area contributed by atoms with Gasteiger partial charge in [-0.3, -0.25) is 5.10 Å². The largest absolute Gasteiger partial charge is 0.366 e. The Morgan fingerprint density at radius 1 is 0.927 bits per heavy atom. The molecule has 0 fully saturated rings. The maximum atomic E-state index is 6.12. The molecule has 0 unspecified atom stereocenters. The van der Waals surface area contributed by atoms with Crippen molar-refractivity contribution in [2.45, 2.75) is 68.3 Å². The molecule has 4 heterocycles. The van der Waals surface area contributed by atoms with Crippen LogP contribution in [0.1, 0.15) is 6.42 Å². The zero-order chi connectivity index (χ0) is 30.4. The number of nitrogens with one attached hydrogen (secondary N) is 1. The highest BCUT2D eigenvalue weighted by Gasteiger charge is 2.12. The van der Waals surface area contributed by atoms with Gasteiger partial charge in [0.1, 0.15) is 23.1 Å². The van der Waals surface area contributed by atoms with Gasteiger partial charge in [0, 0.05) is 30.1 Å². The fourth-order valence-electron chi connectivity index (χ4n) is 3.14. The quantitative estimate of drug-likeness (QED) is 0.0403. The van der Waals surface area contributed by atoms with Crippen molar-refractivity contribution in [3.05, 3.63) is 22.7 Å². The molecule has 0 spiro atoms. The third-order valence-corrected chi connectivity index (χ3v) is 10.5. The average Bonchev–Trinajstić information content (AvgIpc) is 3.56. The summed E-state index contributed by atoms with van der Waals surface area (Å²) in [5, 5.41) is 14.5. The standard InChI is InChI=1S/C12H19ClN4OSSi.C6H5ClN4S.C6H15ClOSi/c1-19-12-15-10(13)9-7-14-17(11(9)16-12)8-18-5-4-6-20(2)3;1-12-6-9-4(7)3-2-8-11-5(3)10-6;1-9(2,3)5-4-8-6-7/h7,20H,4-6,8H2,1-3H3;2H,1H3,(H,8,9,10,11);4-6H2,1-3H3. The van der Waals surface area contributed by atoms with Gasteiger partial charge in [0.05, 0.1) is 23.2 Å². The Hall–Kier alpha value is -0.976. The minimum absolute atomic E-state index is 0.338. The summed E-state index contributed by atoms with van der Waals surface area (Å²) in [6, 6.07) is 2.86. The van der Waals surface area contributed by atoms with E-state index in [0.29, 0.717) is 39.1 Å². The van der Waals surface area contributed by atoms with Crippen LogP contribution in [0.15, 0.2) is 22.7 Å². The SMILES string of the molecule is CSc1nc(Cl)c2cn[nH]c2n1.CSc1nc(Cl)c2cnn(COCCC[SiH](C)C)c2n1.C[Si](C)(C)CCOCCl. The minimum atomic E-state index is -0.878. The molecule has 4 rings (SSSR count). The maximum absolute atomic E-state index is 6.12. The Labute approximate surface area is 268 Å². The molecule has 0 aliphatic heterocycles. The minimum Gasteiger partial charge on any atom is -0.366 e. The fraction of sp³-hybridized carbons (Fsp3) is 0.583. The first-order valence-electron chi connectivity index (χ1n) is 13.0. The van der Waals surface area contributed by atoms with Crippen molar-refractivity contribution >= 4 is 97.3 Å². The molecule has 4 aromatic rings. The van der Waals surface area contributed by atoms with Gasteiger partial charge in [-0.25, -0.2) is 24.6 Å². The van der Waals surface area contributed by atoms with Crippen molar-refractivity contribution in [1.29, 1.82) is 0 Å². The van der Waals surface area contributed by atoms with E-state index in [-0.39, 0.29) is 0 Å². The van der Waals surface area contributed by atoms with Crippen molar-refractivity contribution in [2.75, 3.05) is 31.8 Å². The monoisotopic (exact) mass is 696 g/mol. The number of halogens is 3. The van der Waals surface area contributed by atoms with E-state index in [1.165, 1.54) is 35.6 Å². The molecule has 41 heavy (non-hydrogen) atoms. The second-order valence-corrected chi connectivity index (χ2v) is 21.9. The van der Waals surface area contributed by atoms with E-state index in [0.717, 1.165) is 36.1 Å². The zero-order valence-corrected chi connectivity index (χ0v) is 30.6. The lowest BCUT2D eigenvalue weighted by molar-refractivity contribution is 0.0718. The van der Waals surface area contributed by atoms with E-state index in [1.54, 1.807) is 17.1 Å². The number of H-pyrrole nitrogens is 1. The lowest BCUT2D eigenvalue weighted by Gasteiger charge is -2.14. The van der Waals surface area contributed by atoms with Crippen molar-refractivity contribution in [2.24, 2.45) is 0 Å². The topological polar surface area (TPSA) is 117 Å². The molecular formula is C24H39Cl3N8O2S2Si2. The normalized spacial score (nSPS) is 11.5. The number of alkyl halides is 1. The summed E-state index contributed by atoms with van der Waals surface area (Å²) in [7, 11) is -1.35. The number of aromatic nitrogens is 8. The summed E-state index contributed by atoms with van der Waals surface area (Å²) >= 11 is 20.2. The van der Waals surface area contributed by atoms with Crippen molar-refractivity contribution in [3.8, 4) is 0 Å². The summed E-state index contributed by atoms with van der Waals surface area (Å²) in [5.41, 5.74) is 1.41. The van der Waals surface area contributed by atoms with Crippen LogP contribution in [-0.2, 0) is 16.2 Å². The van der Waals surface area contributed by atoms with Crippen LogP contribution >= 0.6 is 58.3 Å². The van der Waals surface area contributed by atoms with Gasteiger partial charge in [-0.15, -0.1) is 0 Å². The predicted octanol–water partition coefficient (Wildman–Crippen LogP) is 7.32. The van der Waals surface area contributed by atoms with E-state index in [9.17, 15) is 0 Å². The summed E-state index contributed by atoms with van der Waals surface area (Å²) in [4.78, 5) is 16.8. The molecule has 0 atom stereocenters. The first-order valence-corrected chi connectivity index (χ1v) is 23.6. The molecular weight excluding hydrogens is 659 g/mol. The van der Waals surface area contributed by atoms with Gasteiger partial charge in [0.15, 0.2) is 21.6 Å². The van der Waals surface area contributed by atoms with E-state index in [4.69, 9.17) is 44.3 Å².